The maximum Gasteiger partial charge on any atom is 0 e. The van der Waals surface area contributed by atoms with Crippen LogP contribution in [0.3, 0.4) is 0 Å². The normalized spacial score (nSPS) is 0. The molecule has 0 aromatic heterocycles. The minimum atomic E-state index is 0. The Labute approximate surface area is 113 Å². The van der Waals surface area contributed by atoms with E-state index in [2.05, 4.69) is 0 Å². The fourth-order valence-corrected chi connectivity index (χ4v) is 0. The zero-order valence-corrected chi connectivity index (χ0v) is 15.1. The van der Waals surface area contributed by atoms with Gasteiger partial charge < -0.3 is 0 Å². The third-order valence-corrected chi connectivity index (χ3v) is 0. The first-order chi connectivity index (χ1) is 0. The van der Waals surface area contributed by atoms with Crippen LogP contribution >= 0.6 is 27.0 Å². The molecule has 0 unspecified atom stereocenters. The molecule has 0 nitrogen and oxygen atoms in total. The summed E-state index contributed by atoms with van der Waals surface area (Å²) < 4.78 is 0. The van der Waals surface area contributed by atoms with Crippen molar-refractivity contribution in [3.63, 3.8) is 0 Å². The molecule has 0 aliphatic rings. The van der Waals surface area contributed by atoms with Crippen LogP contribution in [-0.2, 0) is 36.5 Å². The second kappa shape index (κ2) is 38.4. The Morgan fingerprint density at radius 2 is 0.667 bits per heavy atom. The van der Waals surface area contributed by atoms with Crippen molar-refractivity contribution < 1.29 is 36.5 Å². The Bertz CT molecular complexity index is 11.5. The summed E-state index contributed by atoms with van der Waals surface area (Å²) in [6, 6.07) is 0. The third-order valence-electron chi connectivity index (χ3n) is 0. The largest absolute Gasteiger partial charge is 0 e. The van der Waals surface area contributed by atoms with Crippen LogP contribution in [0, 0.1) is 0 Å². The van der Waals surface area contributed by atoms with Crippen LogP contribution in [-0.4, -0.2) is 51.7 Å². The van der Waals surface area contributed by atoms with Gasteiger partial charge in [0.1, 0.15) is 0 Å². The summed E-state index contributed by atoms with van der Waals surface area (Å²) in [5.41, 5.74) is 0. The van der Waals surface area contributed by atoms with E-state index in [1.54, 1.807) is 0 Å². The molecule has 11 radical (unpaired) electrons. The van der Waals surface area contributed by atoms with Crippen molar-refractivity contribution >= 4 is 78.7 Å². The Hall–Kier alpha value is 3.58. The van der Waals surface area contributed by atoms with E-state index in [0.29, 0.717) is 0 Å². The van der Waals surface area contributed by atoms with E-state index in [9.17, 15) is 0 Å². The van der Waals surface area contributed by atoms with Gasteiger partial charge >= 0.3 is 0 Å². The van der Waals surface area contributed by atoms with Crippen molar-refractivity contribution in [1.82, 2.24) is 0 Å². The van der Waals surface area contributed by atoms with Crippen LogP contribution in [0.15, 0.2) is 0 Å². The first-order valence-electron chi connectivity index (χ1n) is 0. The summed E-state index contributed by atoms with van der Waals surface area (Å²) in [6.07, 6.45) is 0. The van der Waals surface area contributed by atoms with E-state index in [1.807, 2.05) is 0 Å². The zero-order chi connectivity index (χ0) is 0. The van der Waals surface area contributed by atoms with E-state index in [1.165, 1.54) is 0 Å². The standard InChI is InChI=1S/Cu.2In.2S.Zn. The minimum Gasteiger partial charge on any atom is 0 e. The van der Waals surface area contributed by atoms with E-state index >= 15 is 0 Å². The summed E-state index contributed by atoms with van der Waals surface area (Å²) in [4.78, 5) is 0. The van der Waals surface area contributed by atoms with Gasteiger partial charge in [0, 0.05) is 115 Å². The molecule has 6 heteroatoms. The van der Waals surface area contributed by atoms with Gasteiger partial charge in [-0.1, -0.05) is 0 Å². The molecule has 0 spiro atoms. The number of hydrogen-bond acceptors (Lipinski definition) is 0. The molecular weight excluding hydrogens is 423 g/mol. The molecule has 0 bridgehead atoms. The molecule has 0 aliphatic heterocycles. The van der Waals surface area contributed by atoms with Crippen LogP contribution in [0.25, 0.3) is 0 Å². The first-order valence-corrected chi connectivity index (χ1v) is 0. The molecule has 0 saturated carbocycles. The number of hydrogen-bond donors (Lipinski definition) is 0. The maximum atomic E-state index is 0. The molecule has 0 N–H and O–H groups in total. The van der Waals surface area contributed by atoms with Crippen LogP contribution in [0.5, 0.6) is 0 Å². The van der Waals surface area contributed by atoms with E-state index < -0.39 is 0 Å². The van der Waals surface area contributed by atoms with Gasteiger partial charge in [-0.15, -0.1) is 0 Å². The van der Waals surface area contributed by atoms with Crippen molar-refractivity contribution in [2.45, 2.75) is 0 Å². The monoisotopic (exact) mass is 421 g/mol. The predicted molar refractivity (Wildman–Crippen MR) is 26.7 cm³/mol. The topological polar surface area (TPSA) is 0 Å². The Balaban J connectivity index is 0. The van der Waals surface area contributed by atoms with Crippen molar-refractivity contribution in [3.05, 3.63) is 0 Å². The average Bonchev–Trinajstić information content (AvgIpc) is 0. The van der Waals surface area contributed by atoms with Gasteiger partial charge in [-0.2, -0.15) is 0 Å². The Morgan fingerprint density at radius 1 is 0.667 bits per heavy atom. The molecule has 0 saturated heterocycles. The van der Waals surface area contributed by atoms with Crippen LogP contribution in [0.4, 0.5) is 0 Å². The molecule has 0 aromatic carbocycles. The molecule has 0 amide bonds. The summed E-state index contributed by atoms with van der Waals surface area (Å²) >= 11 is 0. The van der Waals surface area contributed by atoms with Crippen molar-refractivity contribution in [3.8, 4) is 0 Å². The van der Waals surface area contributed by atoms with Gasteiger partial charge in [-0.25, -0.2) is 0 Å². The van der Waals surface area contributed by atoms with Gasteiger partial charge in [0.15, 0.2) is 0 Å². The summed E-state index contributed by atoms with van der Waals surface area (Å²) in [5.74, 6) is 0. The molecule has 0 atom stereocenters. The zero-order valence-electron chi connectivity index (χ0n) is 2.98. The van der Waals surface area contributed by atoms with Gasteiger partial charge in [0.2, 0.25) is 0 Å². The van der Waals surface area contributed by atoms with Gasteiger partial charge in [0.05, 0.1) is 0 Å². The maximum absolute atomic E-state index is 0. The average molecular weight is 423 g/mol. The smallest absolute Gasteiger partial charge is 0 e. The molecule has 0 aromatic rings. The van der Waals surface area contributed by atoms with E-state index in [4.69, 9.17) is 0 Å². The quantitative estimate of drug-likeness (QED) is 0.500. The molecule has 6 heavy (non-hydrogen) atoms. The predicted octanol–water partition coefficient (Wildman–Crippen LogP) is 0.530. The third kappa shape index (κ3) is 25.6. The van der Waals surface area contributed by atoms with Gasteiger partial charge in [-0.05, 0) is 0 Å². The molecular formula is CuIn2S2Zn. The van der Waals surface area contributed by atoms with E-state index in [-0.39, 0.29) is 115 Å². The second-order valence-electron chi connectivity index (χ2n) is 0. The molecule has 0 heterocycles. The van der Waals surface area contributed by atoms with Crippen LogP contribution < -0.4 is 0 Å². The SMILES string of the molecule is [Cu].[In].[In].[S].[S].[Zn]. The molecule has 31 valence electrons. The summed E-state index contributed by atoms with van der Waals surface area (Å²) in [7, 11) is 0. The Morgan fingerprint density at radius 3 is 0.667 bits per heavy atom. The Kier molecular flexibility index (Phi) is 352. The van der Waals surface area contributed by atoms with E-state index in [0.717, 1.165) is 0 Å². The second-order valence-corrected chi connectivity index (χ2v) is 0. The summed E-state index contributed by atoms with van der Waals surface area (Å²) in [6.45, 7) is 0. The van der Waals surface area contributed by atoms with Crippen LogP contribution in [0.2, 0.25) is 0 Å². The number of rotatable bonds is 0. The van der Waals surface area contributed by atoms with Crippen molar-refractivity contribution in [2.24, 2.45) is 0 Å². The fraction of sp³-hybridized carbons (Fsp3) is 0. The van der Waals surface area contributed by atoms with Crippen LogP contribution in [0.1, 0.15) is 0 Å². The van der Waals surface area contributed by atoms with Crippen molar-refractivity contribution in [1.29, 1.82) is 0 Å². The fourth-order valence-electron chi connectivity index (χ4n) is 0. The van der Waals surface area contributed by atoms with Gasteiger partial charge in [0.25, 0.3) is 0 Å². The molecule has 0 rings (SSSR count). The minimum absolute atomic E-state index is 0. The first kappa shape index (κ1) is 55.0. The van der Waals surface area contributed by atoms with Gasteiger partial charge in [-0.3, -0.25) is 0 Å². The summed E-state index contributed by atoms with van der Waals surface area (Å²) in [5, 5.41) is 0. The van der Waals surface area contributed by atoms with Crippen molar-refractivity contribution in [2.75, 3.05) is 0 Å². The molecule has 0 fully saturated rings. The molecule has 0 aliphatic carbocycles.